The van der Waals surface area contributed by atoms with E-state index in [1.165, 1.54) is 0 Å². The molecule has 2 heterocycles. The number of urea groups is 1. The molecule has 0 unspecified atom stereocenters. The fraction of sp³-hybridized carbons (Fsp3) is 0.600. The van der Waals surface area contributed by atoms with Gasteiger partial charge in [0, 0.05) is 38.6 Å². The lowest BCUT2D eigenvalue weighted by Crippen LogP contribution is -2.47. The first-order valence-corrected chi connectivity index (χ1v) is 9.90. The number of nitrogens with one attached hydrogen (secondary N) is 2. The van der Waals surface area contributed by atoms with Gasteiger partial charge in [0.05, 0.1) is 5.69 Å². The maximum atomic E-state index is 14.7. The summed E-state index contributed by atoms with van der Waals surface area (Å²) in [5.41, 5.74) is 1.92. The van der Waals surface area contributed by atoms with Crippen molar-refractivity contribution >= 4 is 17.6 Å². The molecule has 0 aliphatic carbocycles. The standard InChI is InChI=1S/C20H29FN4O2/c1-3-24(4-2)20(27)25-11-8-14(9-12-25)19(26)23-17-6-5-15-13-22-10-7-16(15)18(17)21/h5-6,14,22H,3-4,7-13H2,1-2H3,(H,23,26). The molecule has 27 heavy (non-hydrogen) atoms. The maximum Gasteiger partial charge on any atom is 0.319 e. The number of anilines is 1. The predicted molar refractivity (Wildman–Crippen MR) is 103 cm³/mol. The summed E-state index contributed by atoms with van der Waals surface area (Å²) in [4.78, 5) is 28.6. The lowest BCUT2D eigenvalue weighted by molar-refractivity contribution is -0.121. The van der Waals surface area contributed by atoms with Gasteiger partial charge in [0.25, 0.3) is 0 Å². The van der Waals surface area contributed by atoms with E-state index in [1.807, 2.05) is 24.8 Å². The van der Waals surface area contributed by atoms with Gasteiger partial charge in [-0.15, -0.1) is 0 Å². The van der Waals surface area contributed by atoms with Crippen LogP contribution in [0.2, 0.25) is 0 Å². The lowest BCUT2D eigenvalue weighted by Gasteiger charge is -2.34. The summed E-state index contributed by atoms with van der Waals surface area (Å²) in [6, 6.07) is 3.57. The Labute approximate surface area is 160 Å². The number of carbonyl (C=O) groups excluding carboxylic acids is 2. The van der Waals surface area contributed by atoms with E-state index in [9.17, 15) is 14.0 Å². The van der Waals surface area contributed by atoms with Gasteiger partial charge in [-0.25, -0.2) is 9.18 Å². The van der Waals surface area contributed by atoms with Crippen molar-refractivity contribution in [1.29, 1.82) is 0 Å². The first kappa shape index (κ1) is 19.6. The van der Waals surface area contributed by atoms with Crippen LogP contribution in [0.15, 0.2) is 12.1 Å². The normalized spacial score (nSPS) is 17.4. The molecule has 0 aromatic heterocycles. The van der Waals surface area contributed by atoms with Gasteiger partial charge >= 0.3 is 6.03 Å². The fourth-order valence-electron chi connectivity index (χ4n) is 3.89. The third-order valence-electron chi connectivity index (χ3n) is 5.64. The van der Waals surface area contributed by atoms with Crippen molar-refractivity contribution in [2.45, 2.75) is 39.7 Å². The minimum atomic E-state index is -0.309. The highest BCUT2D eigenvalue weighted by molar-refractivity contribution is 5.93. The van der Waals surface area contributed by atoms with E-state index in [2.05, 4.69) is 10.6 Å². The van der Waals surface area contributed by atoms with Gasteiger partial charge in [0.2, 0.25) is 5.91 Å². The van der Waals surface area contributed by atoms with Crippen LogP contribution in [0, 0.1) is 11.7 Å². The second-order valence-corrected chi connectivity index (χ2v) is 7.20. The van der Waals surface area contributed by atoms with Crippen LogP contribution >= 0.6 is 0 Å². The molecular formula is C20H29FN4O2. The Kier molecular flexibility index (Phi) is 6.31. The highest BCUT2D eigenvalue weighted by atomic mass is 19.1. The van der Waals surface area contributed by atoms with E-state index in [1.54, 1.807) is 11.0 Å². The molecule has 0 bridgehead atoms. The zero-order chi connectivity index (χ0) is 19.4. The SMILES string of the molecule is CCN(CC)C(=O)N1CCC(C(=O)Nc2ccc3c(c2F)CCNC3)CC1. The number of benzene rings is 1. The van der Waals surface area contributed by atoms with Crippen LogP contribution in [0.1, 0.15) is 37.8 Å². The quantitative estimate of drug-likeness (QED) is 0.849. The molecule has 2 aliphatic rings. The van der Waals surface area contributed by atoms with E-state index in [-0.39, 0.29) is 29.4 Å². The van der Waals surface area contributed by atoms with E-state index >= 15 is 0 Å². The Morgan fingerprint density at radius 1 is 1.26 bits per heavy atom. The highest BCUT2D eigenvalue weighted by Crippen LogP contribution is 2.26. The molecule has 0 atom stereocenters. The average molecular weight is 376 g/mol. The summed E-state index contributed by atoms with van der Waals surface area (Å²) >= 11 is 0. The van der Waals surface area contributed by atoms with Crippen molar-refractivity contribution in [2.24, 2.45) is 5.92 Å². The number of hydrogen-bond donors (Lipinski definition) is 2. The molecule has 1 fully saturated rings. The smallest absolute Gasteiger partial charge is 0.319 e. The van der Waals surface area contributed by atoms with E-state index in [0.29, 0.717) is 57.5 Å². The fourth-order valence-corrected chi connectivity index (χ4v) is 3.89. The second kappa shape index (κ2) is 8.69. The summed E-state index contributed by atoms with van der Waals surface area (Å²) in [6.45, 7) is 7.83. The molecule has 1 aromatic rings. The Hall–Kier alpha value is -2.15. The van der Waals surface area contributed by atoms with E-state index in [0.717, 1.165) is 12.1 Å². The zero-order valence-electron chi connectivity index (χ0n) is 16.2. The number of piperidine rings is 1. The number of amides is 3. The van der Waals surface area contributed by atoms with E-state index < -0.39 is 0 Å². The molecule has 3 rings (SSSR count). The summed E-state index contributed by atoms with van der Waals surface area (Å²) in [5, 5.41) is 5.99. The van der Waals surface area contributed by atoms with E-state index in [4.69, 9.17) is 0 Å². The average Bonchev–Trinajstić information content (AvgIpc) is 2.71. The Bertz CT molecular complexity index is 697. The molecule has 0 radical (unpaired) electrons. The first-order chi connectivity index (χ1) is 13.0. The molecule has 1 aromatic carbocycles. The van der Waals surface area contributed by atoms with Crippen molar-refractivity contribution in [2.75, 3.05) is 38.0 Å². The predicted octanol–water partition coefficient (Wildman–Crippen LogP) is 2.58. The first-order valence-electron chi connectivity index (χ1n) is 9.90. The molecule has 2 N–H and O–H groups in total. The second-order valence-electron chi connectivity index (χ2n) is 7.20. The number of halogens is 1. The van der Waals surface area contributed by atoms with Gasteiger partial charge in [-0.1, -0.05) is 6.07 Å². The Morgan fingerprint density at radius 2 is 1.96 bits per heavy atom. The molecule has 148 valence electrons. The van der Waals surface area contributed by atoms with Gasteiger partial charge in [-0.2, -0.15) is 0 Å². The number of carbonyl (C=O) groups is 2. The number of nitrogens with zero attached hydrogens (tertiary/aromatic N) is 2. The molecule has 3 amide bonds. The van der Waals surface area contributed by atoms with Gasteiger partial charge in [0.15, 0.2) is 0 Å². The van der Waals surface area contributed by atoms with Crippen LogP contribution in [0.25, 0.3) is 0 Å². The third kappa shape index (κ3) is 4.24. The number of hydrogen-bond acceptors (Lipinski definition) is 3. The molecular weight excluding hydrogens is 347 g/mol. The largest absolute Gasteiger partial charge is 0.325 e. The monoisotopic (exact) mass is 376 g/mol. The molecule has 1 saturated heterocycles. The van der Waals surface area contributed by atoms with Crippen molar-refractivity contribution in [3.63, 3.8) is 0 Å². The van der Waals surface area contributed by atoms with Gasteiger partial charge in [0.1, 0.15) is 5.82 Å². The van der Waals surface area contributed by atoms with Gasteiger partial charge in [-0.3, -0.25) is 4.79 Å². The van der Waals surface area contributed by atoms with Crippen LogP contribution in [-0.2, 0) is 17.8 Å². The Balaban J connectivity index is 1.58. The molecule has 0 spiro atoms. The van der Waals surface area contributed by atoms with Crippen molar-refractivity contribution < 1.29 is 14.0 Å². The summed E-state index contributed by atoms with van der Waals surface area (Å²) in [5.74, 6) is -0.655. The minimum Gasteiger partial charge on any atom is -0.325 e. The zero-order valence-corrected chi connectivity index (χ0v) is 16.2. The molecule has 0 saturated carbocycles. The van der Waals surface area contributed by atoms with Crippen LogP contribution in [0.3, 0.4) is 0 Å². The van der Waals surface area contributed by atoms with Crippen LogP contribution in [0.4, 0.5) is 14.9 Å². The van der Waals surface area contributed by atoms with Crippen LogP contribution < -0.4 is 10.6 Å². The maximum absolute atomic E-state index is 14.7. The minimum absolute atomic E-state index is 0.0354. The summed E-state index contributed by atoms with van der Waals surface area (Å²) in [7, 11) is 0. The molecule has 2 aliphatic heterocycles. The van der Waals surface area contributed by atoms with Crippen molar-refractivity contribution in [1.82, 2.24) is 15.1 Å². The van der Waals surface area contributed by atoms with Crippen molar-refractivity contribution in [3.8, 4) is 0 Å². The van der Waals surface area contributed by atoms with Crippen LogP contribution in [0.5, 0.6) is 0 Å². The molecule has 7 heteroatoms. The topological polar surface area (TPSA) is 64.7 Å². The highest BCUT2D eigenvalue weighted by Gasteiger charge is 2.29. The number of likely N-dealkylation sites (tertiary alicyclic amines) is 1. The van der Waals surface area contributed by atoms with Gasteiger partial charge in [-0.05, 0) is 56.8 Å². The summed E-state index contributed by atoms with van der Waals surface area (Å²) in [6.07, 6.45) is 1.85. The van der Waals surface area contributed by atoms with Crippen LogP contribution in [-0.4, -0.2) is 54.5 Å². The van der Waals surface area contributed by atoms with Crippen molar-refractivity contribution in [3.05, 3.63) is 29.1 Å². The third-order valence-corrected chi connectivity index (χ3v) is 5.64. The number of rotatable bonds is 4. The summed E-state index contributed by atoms with van der Waals surface area (Å²) < 4.78 is 14.7. The lowest BCUT2D eigenvalue weighted by atomic mass is 9.95. The number of fused-ring (bicyclic) bond motifs is 1. The molecule has 6 nitrogen and oxygen atoms in total. The van der Waals surface area contributed by atoms with Gasteiger partial charge < -0.3 is 20.4 Å². The Morgan fingerprint density at radius 3 is 2.63 bits per heavy atom.